The highest BCUT2D eigenvalue weighted by Gasteiger charge is 2.11. The number of rotatable bonds is 4. The highest BCUT2D eigenvalue weighted by molar-refractivity contribution is 7.98. The Labute approximate surface area is 128 Å². The molecule has 0 aliphatic carbocycles. The molecular formula is C12H10FN7OS. The van der Waals surface area contributed by atoms with E-state index in [4.69, 9.17) is 15.9 Å². The summed E-state index contributed by atoms with van der Waals surface area (Å²) in [5.41, 5.74) is 11.6. The third-order valence-electron chi connectivity index (χ3n) is 2.54. The summed E-state index contributed by atoms with van der Waals surface area (Å²) >= 11 is 1.23. The van der Waals surface area contributed by atoms with Crippen LogP contribution in [-0.4, -0.2) is 25.1 Å². The minimum atomic E-state index is -0.331. The van der Waals surface area contributed by atoms with Crippen molar-refractivity contribution in [3.8, 4) is 11.5 Å². The van der Waals surface area contributed by atoms with Gasteiger partial charge in [-0.15, -0.1) is 10.2 Å². The minimum Gasteiger partial charge on any atom is -0.411 e. The van der Waals surface area contributed by atoms with Gasteiger partial charge < -0.3 is 15.9 Å². The van der Waals surface area contributed by atoms with Crippen molar-refractivity contribution >= 4 is 23.7 Å². The van der Waals surface area contributed by atoms with Crippen LogP contribution < -0.4 is 11.5 Å². The Morgan fingerprint density at radius 3 is 2.36 bits per heavy atom. The van der Waals surface area contributed by atoms with Crippen molar-refractivity contribution in [2.45, 2.75) is 11.0 Å². The van der Waals surface area contributed by atoms with Crippen LogP contribution in [0.1, 0.15) is 5.82 Å². The van der Waals surface area contributed by atoms with E-state index in [1.54, 1.807) is 12.1 Å². The summed E-state index contributed by atoms with van der Waals surface area (Å²) in [7, 11) is 0. The van der Waals surface area contributed by atoms with Gasteiger partial charge in [-0.25, -0.2) is 4.39 Å². The van der Waals surface area contributed by atoms with Crippen molar-refractivity contribution in [2.24, 2.45) is 0 Å². The molecule has 0 atom stereocenters. The number of nitrogen functional groups attached to an aromatic ring is 2. The van der Waals surface area contributed by atoms with Crippen molar-refractivity contribution < 1.29 is 8.81 Å². The molecule has 0 aliphatic rings. The first kappa shape index (κ1) is 14.2. The smallest absolute Gasteiger partial charge is 0.277 e. The Morgan fingerprint density at radius 1 is 1.00 bits per heavy atom. The van der Waals surface area contributed by atoms with Gasteiger partial charge in [-0.3, -0.25) is 0 Å². The van der Waals surface area contributed by atoms with Crippen LogP contribution in [0.15, 0.2) is 33.9 Å². The molecule has 1 aromatic carbocycles. The lowest BCUT2D eigenvalue weighted by Gasteiger charge is -1.99. The van der Waals surface area contributed by atoms with E-state index in [9.17, 15) is 4.39 Å². The van der Waals surface area contributed by atoms with E-state index < -0.39 is 0 Å². The van der Waals surface area contributed by atoms with Gasteiger partial charge in [-0.2, -0.15) is 15.0 Å². The van der Waals surface area contributed by atoms with E-state index in [2.05, 4.69) is 25.1 Å². The predicted molar refractivity (Wildman–Crippen MR) is 77.9 cm³/mol. The van der Waals surface area contributed by atoms with Gasteiger partial charge in [0, 0.05) is 5.56 Å². The Bertz CT molecular complexity index is 772. The molecule has 2 aromatic heterocycles. The van der Waals surface area contributed by atoms with Crippen LogP contribution in [0.2, 0.25) is 0 Å². The average Bonchev–Trinajstić information content (AvgIpc) is 2.94. The molecule has 0 bridgehead atoms. The standard InChI is InChI=1S/C12H10FN7OS/c13-7-3-1-6(2-4-7)9-19-20-12(21-9)22-5-8-16-10(14)18-11(15)17-8/h1-4H,5H2,(H4,14,15,16,17,18). The maximum atomic E-state index is 12.9. The fraction of sp³-hybridized carbons (Fsp3) is 0.0833. The summed E-state index contributed by atoms with van der Waals surface area (Å²) < 4.78 is 18.3. The van der Waals surface area contributed by atoms with Crippen LogP contribution in [0.3, 0.4) is 0 Å². The SMILES string of the molecule is Nc1nc(N)nc(CSc2nnc(-c3ccc(F)cc3)o2)n1. The lowest BCUT2D eigenvalue weighted by Crippen LogP contribution is -2.05. The summed E-state index contributed by atoms with van der Waals surface area (Å²) in [5, 5.41) is 8.13. The van der Waals surface area contributed by atoms with Gasteiger partial charge in [0.05, 0.1) is 5.75 Å². The maximum absolute atomic E-state index is 12.9. The van der Waals surface area contributed by atoms with Crippen LogP contribution in [-0.2, 0) is 5.75 Å². The summed E-state index contributed by atoms with van der Waals surface area (Å²) in [6, 6.07) is 5.76. The first-order chi connectivity index (χ1) is 10.6. The van der Waals surface area contributed by atoms with Gasteiger partial charge in [0.1, 0.15) is 11.6 Å². The van der Waals surface area contributed by atoms with Crippen molar-refractivity contribution in [1.82, 2.24) is 25.1 Å². The summed E-state index contributed by atoms with van der Waals surface area (Å²) in [4.78, 5) is 11.6. The molecule has 0 saturated carbocycles. The maximum Gasteiger partial charge on any atom is 0.277 e. The molecule has 0 fully saturated rings. The summed E-state index contributed by atoms with van der Waals surface area (Å²) in [6.07, 6.45) is 0. The quantitative estimate of drug-likeness (QED) is 0.687. The van der Waals surface area contributed by atoms with Gasteiger partial charge in [-0.1, -0.05) is 11.8 Å². The normalized spacial score (nSPS) is 10.8. The fourth-order valence-corrected chi connectivity index (χ4v) is 2.24. The van der Waals surface area contributed by atoms with Crippen LogP contribution in [0, 0.1) is 5.82 Å². The second-order valence-electron chi connectivity index (χ2n) is 4.14. The average molecular weight is 319 g/mol. The first-order valence-corrected chi connectivity index (χ1v) is 7.07. The number of thioether (sulfide) groups is 1. The molecule has 0 radical (unpaired) electrons. The van der Waals surface area contributed by atoms with E-state index in [1.165, 1.54) is 23.9 Å². The van der Waals surface area contributed by atoms with Gasteiger partial charge in [0.15, 0.2) is 0 Å². The van der Waals surface area contributed by atoms with Crippen molar-refractivity contribution in [2.75, 3.05) is 11.5 Å². The molecule has 3 rings (SSSR count). The molecule has 22 heavy (non-hydrogen) atoms. The van der Waals surface area contributed by atoms with E-state index in [-0.39, 0.29) is 17.7 Å². The van der Waals surface area contributed by atoms with Gasteiger partial charge in [0.2, 0.25) is 17.8 Å². The molecule has 2 heterocycles. The largest absolute Gasteiger partial charge is 0.411 e. The highest BCUT2D eigenvalue weighted by Crippen LogP contribution is 2.25. The zero-order chi connectivity index (χ0) is 15.5. The van der Waals surface area contributed by atoms with Crippen LogP contribution >= 0.6 is 11.8 Å². The first-order valence-electron chi connectivity index (χ1n) is 6.08. The molecule has 0 saturated heterocycles. The van der Waals surface area contributed by atoms with E-state index in [0.29, 0.717) is 28.3 Å². The number of nitrogens with zero attached hydrogens (tertiary/aromatic N) is 5. The molecule has 0 amide bonds. The number of anilines is 2. The zero-order valence-corrected chi connectivity index (χ0v) is 11.9. The fourth-order valence-electron chi connectivity index (χ4n) is 1.62. The topological polar surface area (TPSA) is 130 Å². The zero-order valence-electron chi connectivity index (χ0n) is 11.1. The molecule has 10 heteroatoms. The van der Waals surface area contributed by atoms with Crippen molar-refractivity contribution in [3.05, 3.63) is 35.9 Å². The molecule has 0 spiro atoms. The monoisotopic (exact) mass is 319 g/mol. The van der Waals surface area contributed by atoms with Crippen LogP contribution in [0.4, 0.5) is 16.3 Å². The Hall–Kier alpha value is -2.75. The second kappa shape index (κ2) is 5.93. The van der Waals surface area contributed by atoms with E-state index in [1.807, 2.05) is 0 Å². The highest BCUT2D eigenvalue weighted by atomic mass is 32.2. The Kier molecular flexibility index (Phi) is 3.83. The number of halogens is 1. The third kappa shape index (κ3) is 3.28. The molecule has 112 valence electrons. The summed E-state index contributed by atoms with van der Waals surface area (Å²) in [5.74, 6) is 0.847. The number of hydrogen-bond donors (Lipinski definition) is 2. The molecular weight excluding hydrogens is 309 g/mol. The minimum absolute atomic E-state index is 0.0561. The number of hydrogen-bond acceptors (Lipinski definition) is 9. The molecule has 0 aliphatic heterocycles. The number of nitrogens with two attached hydrogens (primary N) is 2. The Balaban J connectivity index is 1.70. The second-order valence-corrected chi connectivity index (χ2v) is 5.06. The lowest BCUT2D eigenvalue weighted by molar-refractivity contribution is 0.465. The molecule has 4 N–H and O–H groups in total. The third-order valence-corrected chi connectivity index (χ3v) is 3.35. The summed E-state index contributed by atoms with van der Waals surface area (Å²) in [6.45, 7) is 0. The Morgan fingerprint density at radius 2 is 1.68 bits per heavy atom. The van der Waals surface area contributed by atoms with E-state index in [0.717, 1.165) is 0 Å². The van der Waals surface area contributed by atoms with Crippen LogP contribution in [0.5, 0.6) is 0 Å². The van der Waals surface area contributed by atoms with Gasteiger partial charge in [0.25, 0.3) is 5.22 Å². The lowest BCUT2D eigenvalue weighted by atomic mass is 10.2. The van der Waals surface area contributed by atoms with Crippen molar-refractivity contribution in [1.29, 1.82) is 0 Å². The van der Waals surface area contributed by atoms with Crippen molar-refractivity contribution in [3.63, 3.8) is 0 Å². The van der Waals surface area contributed by atoms with Crippen LogP contribution in [0.25, 0.3) is 11.5 Å². The number of aromatic nitrogens is 5. The number of benzene rings is 1. The van der Waals surface area contributed by atoms with Gasteiger partial charge >= 0.3 is 0 Å². The van der Waals surface area contributed by atoms with Gasteiger partial charge in [-0.05, 0) is 24.3 Å². The van der Waals surface area contributed by atoms with E-state index >= 15 is 0 Å². The molecule has 3 aromatic rings. The molecule has 0 unspecified atom stereocenters. The predicted octanol–water partition coefficient (Wildman–Crippen LogP) is 1.52. The molecule has 8 nitrogen and oxygen atoms in total.